The van der Waals surface area contributed by atoms with Gasteiger partial charge < -0.3 is 4.98 Å². The summed E-state index contributed by atoms with van der Waals surface area (Å²) in [5.74, 6) is 0. The van der Waals surface area contributed by atoms with Gasteiger partial charge >= 0.3 is 0 Å². The minimum atomic E-state index is -3.82. The van der Waals surface area contributed by atoms with Crippen molar-refractivity contribution < 1.29 is 8.42 Å². The zero-order valence-corrected chi connectivity index (χ0v) is 9.34. The number of aromatic amines is 1. The molecule has 0 radical (unpaired) electrons. The Morgan fingerprint density at radius 2 is 2.00 bits per heavy atom. The molecule has 16 heavy (non-hydrogen) atoms. The van der Waals surface area contributed by atoms with Crippen LogP contribution in [0.15, 0.2) is 34.1 Å². The molecule has 1 aromatic carbocycles. The van der Waals surface area contributed by atoms with Crippen molar-refractivity contribution in [2.24, 2.45) is 5.14 Å². The molecule has 0 atom stereocenters. The van der Waals surface area contributed by atoms with E-state index in [1.165, 1.54) is 18.3 Å². The van der Waals surface area contributed by atoms with Crippen molar-refractivity contribution in [3.8, 4) is 0 Å². The summed E-state index contributed by atoms with van der Waals surface area (Å²) < 4.78 is 22.8. The number of hydrogen-bond acceptors (Lipinski definition) is 3. The first kappa shape index (κ1) is 10.8. The van der Waals surface area contributed by atoms with E-state index in [0.29, 0.717) is 16.3 Å². The van der Waals surface area contributed by atoms with Crippen LogP contribution in [0.2, 0.25) is 0 Å². The molecule has 2 rings (SSSR count). The van der Waals surface area contributed by atoms with Gasteiger partial charge in [0, 0.05) is 17.0 Å². The molecule has 0 aliphatic rings. The molecule has 6 heteroatoms. The maximum absolute atomic E-state index is 11.5. The highest BCUT2D eigenvalue weighted by molar-refractivity contribution is 7.89. The summed E-state index contributed by atoms with van der Waals surface area (Å²) in [7, 11) is -3.82. The van der Waals surface area contributed by atoms with Gasteiger partial charge in [0.2, 0.25) is 10.0 Å². The summed E-state index contributed by atoms with van der Waals surface area (Å²) in [6.07, 6.45) is 1.47. The third-order valence-electron chi connectivity index (χ3n) is 2.39. The number of fused-ring (bicyclic) bond motifs is 1. The van der Waals surface area contributed by atoms with Gasteiger partial charge in [-0.1, -0.05) is 6.07 Å². The predicted octanol–water partition coefficient (Wildman–Crippen LogP) is 0.484. The highest BCUT2D eigenvalue weighted by atomic mass is 32.2. The van der Waals surface area contributed by atoms with Crippen molar-refractivity contribution in [2.45, 2.75) is 11.8 Å². The van der Waals surface area contributed by atoms with Gasteiger partial charge in [-0.05, 0) is 24.6 Å². The van der Waals surface area contributed by atoms with Crippen molar-refractivity contribution in [1.82, 2.24) is 4.98 Å². The minimum Gasteiger partial charge on any atom is -0.328 e. The van der Waals surface area contributed by atoms with Gasteiger partial charge in [-0.25, -0.2) is 13.6 Å². The second-order valence-electron chi connectivity index (χ2n) is 3.52. The molecule has 0 saturated heterocycles. The van der Waals surface area contributed by atoms with Crippen molar-refractivity contribution >= 4 is 20.8 Å². The molecule has 0 aliphatic heterocycles. The number of hydrogen-bond donors (Lipinski definition) is 2. The predicted molar refractivity (Wildman–Crippen MR) is 60.7 cm³/mol. The van der Waals surface area contributed by atoms with Gasteiger partial charge in [0.1, 0.15) is 0 Å². The van der Waals surface area contributed by atoms with Gasteiger partial charge in [0.05, 0.1) is 4.90 Å². The van der Waals surface area contributed by atoms with Crippen molar-refractivity contribution in [1.29, 1.82) is 0 Å². The molecule has 1 heterocycles. The maximum Gasteiger partial charge on any atom is 0.255 e. The SMILES string of the molecule is Cc1c[nH]c(=O)c2cccc(S(N)(=O)=O)c12. The summed E-state index contributed by atoms with van der Waals surface area (Å²) in [6.45, 7) is 1.72. The quantitative estimate of drug-likeness (QED) is 0.756. The summed E-state index contributed by atoms with van der Waals surface area (Å²) >= 11 is 0. The van der Waals surface area contributed by atoms with Crippen molar-refractivity contribution in [3.63, 3.8) is 0 Å². The molecule has 1 aromatic heterocycles. The summed E-state index contributed by atoms with van der Waals surface area (Å²) in [4.78, 5) is 14.0. The lowest BCUT2D eigenvalue weighted by Gasteiger charge is -2.06. The molecular weight excluding hydrogens is 228 g/mol. The summed E-state index contributed by atoms with van der Waals surface area (Å²) in [6, 6.07) is 4.46. The molecule has 0 saturated carbocycles. The fourth-order valence-corrected chi connectivity index (χ4v) is 2.51. The van der Waals surface area contributed by atoms with Crippen LogP contribution >= 0.6 is 0 Å². The number of aromatic nitrogens is 1. The van der Waals surface area contributed by atoms with E-state index in [2.05, 4.69) is 4.98 Å². The number of benzene rings is 1. The molecular formula is C10H10N2O3S. The lowest BCUT2D eigenvalue weighted by atomic mass is 10.1. The normalized spacial score (nSPS) is 11.9. The number of nitrogens with one attached hydrogen (secondary N) is 1. The number of aryl methyl sites for hydroxylation is 1. The molecule has 0 unspecified atom stereocenters. The van der Waals surface area contributed by atoms with Crippen molar-refractivity contribution in [2.75, 3.05) is 0 Å². The number of primary sulfonamides is 1. The highest BCUT2D eigenvalue weighted by Gasteiger charge is 2.14. The van der Waals surface area contributed by atoms with E-state index in [0.717, 1.165) is 0 Å². The molecule has 0 fully saturated rings. The van der Waals surface area contributed by atoms with Gasteiger partial charge in [-0.15, -0.1) is 0 Å². The van der Waals surface area contributed by atoms with Crippen LogP contribution in [-0.4, -0.2) is 13.4 Å². The second-order valence-corrected chi connectivity index (χ2v) is 5.05. The second kappa shape index (κ2) is 3.43. The van der Waals surface area contributed by atoms with E-state index in [1.54, 1.807) is 13.0 Å². The van der Waals surface area contributed by atoms with Gasteiger partial charge in [-0.2, -0.15) is 0 Å². The fraction of sp³-hybridized carbons (Fsp3) is 0.100. The van der Waals surface area contributed by atoms with E-state index in [-0.39, 0.29) is 10.5 Å². The van der Waals surface area contributed by atoms with Crippen LogP contribution < -0.4 is 10.7 Å². The topological polar surface area (TPSA) is 93.0 Å². The number of rotatable bonds is 1. The first-order valence-electron chi connectivity index (χ1n) is 4.55. The van der Waals surface area contributed by atoms with E-state index in [4.69, 9.17) is 5.14 Å². The van der Waals surface area contributed by atoms with Gasteiger partial charge in [0.15, 0.2) is 0 Å². The largest absolute Gasteiger partial charge is 0.328 e. The zero-order chi connectivity index (χ0) is 11.9. The Balaban J connectivity index is 3.10. The Morgan fingerprint density at radius 3 is 2.62 bits per heavy atom. The minimum absolute atomic E-state index is 0.0198. The average Bonchev–Trinajstić information content (AvgIpc) is 2.22. The highest BCUT2D eigenvalue weighted by Crippen LogP contribution is 2.22. The average molecular weight is 238 g/mol. The molecule has 0 spiro atoms. The maximum atomic E-state index is 11.5. The Labute approximate surface area is 92.0 Å². The van der Waals surface area contributed by atoms with E-state index < -0.39 is 10.0 Å². The van der Waals surface area contributed by atoms with E-state index in [9.17, 15) is 13.2 Å². The van der Waals surface area contributed by atoms with Crippen LogP contribution in [0.5, 0.6) is 0 Å². The van der Waals surface area contributed by atoms with Crippen LogP contribution in [0.25, 0.3) is 10.8 Å². The monoisotopic (exact) mass is 238 g/mol. The lowest BCUT2D eigenvalue weighted by Crippen LogP contribution is -2.15. The standard InChI is InChI=1S/C10H10N2O3S/c1-6-5-12-10(13)7-3-2-4-8(9(6)7)16(11,14)15/h2-5H,1H3,(H,12,13)(H2,11,14,15). The van der Waals surface area contributed by atoms with Crippen LogP contribution in [0.1, 0.15) is 5.56 Å². The number of pyridine rings is 1. The Morgan fingerprint density at radius 1 is 1.31 bits per heavy atom. The number of H-pyrrole nitrogens is 1. The van der Waals surface area contributed by atoms with Crippen molar-refractivity contribution in [3.05, 3.63) is 40.3 Å². The smallest absolute Gasteiger partial charge is 0.255 e. The number of sulfonamides is 1. The first-order valence-corrected chi connectivity index (χ1v) is 6.09. The van der Waals surface area contributed by atoms with E-state index >= 15 is 0 Å². The zero-order valence-electron chi connectivity index (χ0n) is 8.52. The van der Waals surface area contributed by atoms with Crippen LogP contribution in [0.3, 0.4) is 0 Å². The first-order chi connectivity index (χ1) is 7.41. The Bertz CT molecular complexity index is 716. The molecule has 0 aliphatic carbocycles. The van der Waals surface area contributed by atoms with Crippen LogP contribution in [0.4, 0.5) is 0 Å². The summed E-state index contributed by atoms with van der Waals surface area (Å²) in [5, 5.41) is 5.81. The fourth-order valence-electron chi connectivity index (χ4n) is 1.69. The Kier molecular flexibility index (Phi) is 2.32. The summed E-state index contributed by atoms with van der Waals surface area (Å²) in [5.41, 5.74) is 0.338. The number of nitrogens with two attached hydrogens (primary N) is 1. The van der Waals surface area contributed by atoms with E-state index in [1.807, 2.05) is 0 Å². The molecule has 3 N–H and O–H groups in total. The Hall–Kier alpha value is -1.66. The third-order valence-corrected chi connectivity index (χ3v) is 3.34. The molecule has 0 amide bonds. The molecule has 2 aromatic rings. The van der Waals surface area contributed by atoms with Gasteiger partial charge in [-0.3, -0.25) is 4.79 Å². The molecule has 0 bridgehead atoms. The van der Waals surface area contributed by atoms with Crippen LogP contribution in [0, 0.1) is 6.92 Å². The third kappa shape index (κ3) is 1.62. The van der Waals surface area contributed by atoms with Gasteiger partial charge in [0.25, 0.3) is 5.56 Å². The van der Waals surface area contributed by atoms with Crippen LogP contribution in [-0.2, 0) is 10.0 Å². The lowest BCUT2D eigenvalue weighted by molar-refractivity contribution is 0.598. The molecule has 84 valence electrons. The molecule has 5 nitrogen and oxygen atoms in total.